The molecule has 0 radical (unpaired) electrons. The molecule has 0 aliphatic carbocycles. The summed E-state index contributed by atoms with van der Waals surface area (Å²) < 4.78 is 0. The highest BCUT2D eigenvalue weighted by molar-refractivity contribution is 6.30. The number of hydrogen-bond acceptors (Lipinski definition) is 2. The monoisotopic (exact) mass is 281 g/mol. The standard InChI is InChI=1S/C14H16ClNO3/c1-9-5-11(14(18)19)8-16(7-9)13(17)10-3-2-4-12(15)6-10/h2-4,6,9,11H,5,7-8H2,1H3,(H,18,19). The number of amides is 1. The van der Waals surface area contributed by atoms with Crippen molar-refractivity contribution in [2.75, 3.05) is 13.1 Å². The summed E-state index contributed by atoms with van der Waals surface area (Å²) in [6, 6.07) is 6.73. The maximum atomic E-state index is 12.3. The highest BCUT2D eigenvalue weighted by atomic mass is 35.5. The molecule has 4 nitrogen and oxygen atoms in total. The third-order valence-corrected chi connectivity index (χ3v) is 3.60. The Bertz CT molecular complexity index is 503. The predicted molar refractivity (Wildman–Crippen MR) is 72.3 cm³/mol. The topological polar surface area (TPSA) is 57.6 Å². The number of rotatable bonds is 2. The zero-order valence-electron chi connectivity index (χ0n) is 10.7. The van der Waals surface area contributed by atoms with Gasteiger partial charge in [0.2, 0.25) is 0 Å². The number of nitrogens with zero attached hydrogens (tertiary/aromatic N) is 1. The van der Waals surface area contributed by atoms with Gasteiger partial charge in [0.25, 0.3) is 5.91 Å². The number of carboxylic acids is 1. The highest BCUT2D eigenvalue weighted by Gasteiger charge is 2.32. The van der Waals surface area contributed by atoms with Crippen molar-refractivity contribution in [2.24, 2.45) is 11.8 Å². The van der Waals surface area contributed by atoms with Gasteiger partial charge in [0.05, 0.1) is 5.92 Å². The summed E-state index contributed by atoms with van der Waals surface area (Å²) in [5, 5.41) is 9.62. The fraction of sp³-hybridized carbons (Fsp3) is 0.429. The molecule has 1 saturated heterocycles. The lowest BCUT2D eigenvalue weighted by atomic mass is 9.90. The van der Waals surface area contributed by atoms with Crippen LogP contribution in [0, 0.1) is 11.8 Å². The molecule has 1 aromatic carbocycles. The molecule has 5 heteroatoms. The highest BCUT2D eigenvalue weighted by Crippen LogP contribution is 2.23. The molecular weight excluding hydrogens is 266 g/mol. The number of hydrogen-bond donors (Lipinski definition) is 1. The Morgan fingerprint density at radius 1 is 1.37 bits per heavy atom. The molecule has 1 amide bonds. The summed E-state index contributed by atoms with van der Waals surface area (Å²) >= 11 is 5.87. The first kappa shape index (κ1) is 13.9. The molecule has 1 aliphatic heterocycles. The molecule has 0 aromatic heterocycles. The summed E-state index contributed by atoms with van der Waals surface area (Å²) in [4.78, 5) is 25.0. The van der Waals surface area contributed by atoms with Crippen LogP contribution < -0.4 is 0 Å². The molecule has 19 heavy (non-hydrogen) atoms. The van der Waals surface area contributed by atoms with Gasteiger partial charge < -0.3 is 10.0 Å². The molecule has 102 valence electrons. The normalized spacial score (nSPS) is 23.2. The van der Waals surface area contributed by atoms with Gasteiger partial charge in [-0.1, -0.05) is 24.6 Å². The van der Waals surface area contributed by atoms with E-state index >= 15 is 0 Å². The van der Waals surface area contributed by atoms with Crippen molar-refractivity contribution in [1.82, 2.24) is 4.90 Å². The van der Waals surface area contributed by atoms with E-state index in [-0.39, 0.29) is 18.4 Å². The second-order valence-electron chi connectivity index (χ2n) is 5.10. The molecule has 1 heterocycles. The van der Waals surface area contributed by atoms with Gasteiger partial charge in [-0.25, -0.2) is 0 Å². The number of likely N-dealkylation sites (tertiary alicyclic amines) is 1. The van der Waals surface area contributed by atoms with Crippen LogP contribution in [0.2, 0.25) is 5.02 Å². The average Bonchev–Trinajstić information content (AvgIpc) is 2.37. The first-order chi connectivity index (χ1) is 8.97. The molecule has 0 bridgehead atoms. The van der Waals surface area contributed by atoms with E-state index in [0.29, 0.717) is 23.6 Å². The first-order valence-electron chi connectivity index (χ1n) is 6.25. The van der Waals surface area contributed by atoms with Gasteiger partial charge >= 0.3 is 5.97 Å². The van der Waals surface area contributed by atoms with E-state index in [4.69, 9.17) is 16.7 Å². The predicted octanol–water partition coefficient (Wildman–Crippen LogP) is 2.52. The van der Waals surface area contributed by atoms with Crippen LogP contribution in [0.5, 0.6) is 0 Å². The van der Waals surface area contributed by atoms with Crippen LogP contribution >= 0.6 is 11.6 Å². The Balaban J connectivity index is 2.16. The first-order valence-corrected chi connectivity index (χ1v) is 6.63. The Hall–Kier alpha value is -1.55. The minimum Gasteiger partial charge on any atom is -0.481 e. The number of carbonyl (C=O) groups is 2. The lowest BCUT2D eigenvalue weighted by molar-refractivity contribution is -0.143. The fourth-order valence-electron chi connectivity index (χ4n) is 2.50. The van der Waals surface area contributed by atoms with Crippen molar-refractivity contribution < 1.29 is 14.7 Å². The van der Waals surface area contributed by atoms with Crippen LogP contribution in [0.3, 0.4) is 0 Å². The minimum absolute atomic E-state index is 0.152. The molecule has 2 unspecified atom stereocenters. The van der Waals surface area contributed by atoms with Gasteiger partial charge in [-0.15, -0.1) is 0 Å². The zero-order chi connectivity index (χ0) is 14.0. The number of carbonyl (C=O) groups excluding carboxylic acids is 1. The number of benzene rings is 1. The Labute approximate surface area is 117 Å². The van der Waals surface area contributed by atoms with Crippen molar-refractivity contribution in [2.45, 2.75) is 13.3 Å². The van der Waals surface area contributed by atoms with Gasteiger partial charge in [-0.3, -0.25) is 9.59 Å². The molecule has 1 N–H and O–H groups in total. The molecule has 2 atom stereocenters. The largest absolute Gasteiger partial charge is 0.481 e. The van der Waals surface area contributed by atoms with Crippen molar-refractivity contribution in [1.29, 1.82) is 0 Å². The number of carboxylic acid groups (broad SMARTS) is 1. The summed E-state index contributed by atoms with van der Waals surface area (Å²) in [7, 11) is 0. The van der Waals surface area contributed by atoms with E-state index in [1.807, 2.05) is 6.92 Å². The van der Waals surface area contributed by atoms with Crippen molar-refractivity contribution in [3.8, 4) is 0 Å². The molecule has 1 fully saturated rings. The van der Waals surface area contributed by atoms with Crippen LogP contribution in [0.1, 0.15) is 23.7 Å². The maximum absolute atomic E-state index is 12.3. The smallest absolute Gasteiger partial charge is 0.308 e. The van der Waals surface area contributed by atoms with Crippen LogP contribution in [0.4, 0.5) is 0 Å². The Morgan fingerprint density at radius 2 is 2.11 bits per heavy atom. The summed E-state index contributed by atoms with van der Waals surface area (Å²) in [6.07, 6.45) is 0.620. The van der Waals surface area contributed by atoms with Crippen molar-refractivity contribution in [3.05, 3.63) is 34.9 Å². The van der Waals surface area contributed by atoms with Gasteiger partial charge in [-0.05, 0) is 30.5 Å². The van der Waals surface area contributed by atoms with E-state index in [2.05, 4.69) is 0 Å². The van der Waals surface area contributed by atoms with Gasteiger partial charge in [0.15, 0.2) is 0 Å². The Kier molecular flexibility index (Phi) is 4.10. The SMILES string of the molecule is CC1CC(C(=O)O)CN(C(=O)c2cccc(Cl)c2)C1. The third-order valence-electron chi connectivity index (χ3n) is 3.37. The summed E-state index contributed by atoms with van der Waals surface area (Å²) in [5.41, 5.74) is 0.505. The second-order valence-corrected chi connectivity index (χ2v) is 5.53. The van der Waals surface area contributed by atoms with Crippen LogP contribution in [-0.4, -0.2) is 35.0 Å². The fourth-order valence-corrected chi connectivity index (χ4v) is 2.69. The molecule has 0 spiro atoms. The molecule has 1 aliphatic rings. The Morgan fingerprint density at radius 3 is 2.74 bits per heavy atom. The maximum Gasteiger partial charge on any atom is 0.308 e. The van der Waals surface area contributed by atoms with E-state index < -0.39 is 11.9 Å². The lowest BCUT2D eigenvalue weighted by Crippen LogP contribution is -2.45. The van der Waals surface area contributed by atoms with E-state index in [1.165, 1.54) is 0 Å². The lowest BCUT2D eigenvalue weighted by Gasteiger charge is -2.34. The summed E-state index contributed by atoms with van der Waals surface area (Å²) in [5.74, 6) is -1.28. The van der Waals surface area contributed by atoms with Gasteiger partial charge in [0, 0.05) is 23.7 Å². The minimum atomic E-state index is -0.838. The second kappa shape index (κ2) is 5.61. The molecule has 0 saturated carbocycles. The number of halogens is 1. The quantitative estimate of drug-likeness (QED) is 0.906. The van der Waals surface area contributed by atoms with Crippen molar-refractivity contribution >= 4 is 23.5 Å². The third kappa shape index (κ3) is 3.26. The van der Waals surface area contributed by atoms with Crippen LogP contribution in [-0.2, 0) is 4.79 Å². The van der Waals surface area contributed by atoms with E-state index in [1.54, 1.807) is 29.2 Å². The van der Waals surface area contributed by atoms with E-state index in [0.717, 1.165) is 0 Å². The summed E-state index contributed by atoms with van der Waals surface area (Å²) in [6.45, 7) is 2.83. The van der Waals surface area contributed by atoms with Crippen LogP contribution in [0.25, 0.3) is 0 Å². The average molecular weight is 282 g/mol. The molecular formula is C14H16ClNO3. The van der Waals surface area contributed by atoms with Gasteiger partial charge in [-0.2, -0.15) is 0 Å². The van der Waals surface area contributed by atoms with E-state index in [9.17, 15) is 9.59 Å². The molecule has 2 rings (SSSR count). The molecule has 1 aromatic rings. The number of piperidine rings is 1. The number of aliphatic carboxylic acids is 1. The van der Waals surface area contributed by atoms with Crippen LogP contribution in [0.15, 0.2) is 24.3 Å². The van der Waals surface area contributed by atoms with Gasteiger partial charge in [0.1, 0.15) is 0 Å². The zero-order valence-corrected chi connectivity index (χ0v) is 11.4. The van der Waals surface area contributed by atoms with Crippen molar-refractivity contribution in [3.63, 3.8) is 0 Å².